The summed E-state index contributed by atoms with van der Waals surface area (Å²) >= 11 is 0. The zero-order valence-corrected chi connectivity index (χ0v) is 12.6. The first-order valence-electron chi connectivity index (χ1n) is 8.04. The monoisotopic (exact) mass is 274 g/mol. The number of hydrogen-bond acceptors (Lipinski definition) is 1. The Labute approximate surface area is 128 Å². The van der Waals surface area contributed by atoms with Gasteiger partial charge in [0.05, 0.1) is 0 Å². The van der Waals surface area contributed by atoms with Gasteiger partial charge in [-0.2, -0.15) is 0 Å². The summed E-state index contributed by atoms with van der Waals surface area (Å²) in [4.78, 5) is 2.50. The molecule has 0 amide bonds. The van der Waals surface area contributed by atoms with Crippen molar-refractivity contribution in [3.05, 3.63) is 59.7 Å². The molecular weight excluding hydrogens is 253 g/mol. The molecule has 4 rings (SSSR count). The molecular formula is C19H21BN. The minimum Gasteiger partial charge on any atom is -0.306 e. The van der Waals surface area contributed by atoms with Crippen LogP contribution < -0.4 is 10.9 Å². The van der Waals surface area contributed by atoms with Gasteiger partial charge >= 0.3 is 0 Å². The molecule has 0 aliphatic carbocycles. The molecule has 2 aromatic rings. The minimum absolute atomic E-state index is 0.560. The molecule has 2 aromatic carbocycles. The number of rotatable bonds is 1. The van der Waals surface area contributed by atoms with Crippen LogP contribution in [0, 0.1) is 5.92 Å². The Morgan fingerprint density at radius 2 is 1.57 bits per heavy atom. The predicted molar refractivity (Wildman–Crippen MR) is 90.0 cm³/mol. The van der Waals surface area contributed by atoms with E-state index in [-0.39, 0.29) is 0 Å². The SMILES string of the molecule is CN1CCC[C@H](C2c3ccccc3[B]c3ccccc32)C1. The van der Waals surface area contributed by atoms with Crippen LogP contribution in [0.5, 0.6) is 0 Å². The summed E-state index contributed by atoms with van der Waals surface area (Å²) in [6, 6.07) is 17.9. The summed E-state index contributed by atoms with van der Waals surface area (Å²) in [5.41, 5.74) is 5.87. The molecule has 21 heavy (non-hydrogen) atoms. The normalized spacial score (nSPS) is 22.2. The van der Waals surface area contributed by atoms with Crippen molar-refractivity contribution in [2.24, 2.45) is 5.92 Å². The van der Waals surface area contributed by atoms with Crippen molar-refractivity contribution in [2.45, 2.75) is 18.8 Å². The molecule has 1 nitrogen and oxygen atoms in total. The van der Waals surface area contributed by atoms with E-state index in [2.05, 4.69) is 67.8 Å². The van der Waals surface area contributed by atoms with Crippen molar-refractivity contribution in [3.63, 3.8) is 0 Å². The van der Waals surface area contributed by atoms with Crippen molar-refractivity contribution in [3.8, 4) is 0 Å². The zero-order valence-electron chi connectivity index (χ0n) is 12.6. The molecule has 2 heteroatoms. The van der Waals surface area contributed by atoms with E-state index in [1.807, 2.05) is 0 Å². The van der Waals surface area contributed by atoms with Crippen LogP contribution >= 0.6 is 0 Å². The van der Waals surface area contributed by atoms with Crippen LogP contribution in [0.3, 0.4) is 0 Å². The Morgan fingerprint density at radius 1 is 0.952 bits per heavy atom. The lowest BCUT2D eigenvalue weighted by atomic mass is 9.52. The van der Waals surface area contributed by atoms with E-state index in [4.69, 9.17) is 0 Å². The molecule has 105 valence electrons. The maximum absolute atomic E-state index is 2.50. The van der Waals surface area contributed by atoms with Gasteiger partial charge in [0, 0.05) is 12.5 Å². The average Bonchev–Trinajstić information content (AvgIpc) is 2.52. The van der Waals surface area contributed by atoms with E-state index >= 15 is 0 Å². The Bertz CT molecular complexity index is 606. The summed E-state index contributed by atoms with van der Waals surface area (Å²) in [5.74, 6) is 1.30. The van der Waals surface area contributed by atoms with Gasteiger partial charge in [0.2, 0.25) is 0 Å². The van der Waals surface area contributed by atoms with E-state index in [9.17, 15) is 0 Å². The van der Waals surface area contributed by atoms with Crippen molar-refractivity contribution < 1.29 is 0 Å². The molecule has 0 N–H and O–H groups in total. The van der Waals surface area contributed by atoms with Gasteiger partial charge in [-0.25, -0.2) is 0 Å². The van der Waals surface area contributed by atoms with Crippen molar-refractivity contribution in [1.82, 2.24) is 4.90 Å². The van der Waals surface area contributed by atoms with Crippen LogP contribution in [0.2, 0.25) is 0 Å². The smallest absolute Gasteiger partial charge is 0.192 e. The fraction of sp³-hybridized carbons (Fsp3) is 0.368. The third-order valence-corrected chi connectivity index (χ3v) is 5.11. The minimum atomic E-state index is 0.560. The number of fused-ring (bicyclic) bond motifs is 2. The molecule has 0 saturated carbocycles. The second kappa shape index (κ2) is 5.34. The molecule has 1 radical (unpaired) electrons. The van der Waals surface area contributed by atoms with Crippen LogP contribution in [-0.4, -0.2) is 32.3 Å². The summed E-state index contributed by atoms with van der Waals surface area (Å²) in [7, 11) is 4.62. The van der Waals surface area contributed by atoms with Gasteiger partial charge in [-0.1, -0.05) is 59.5 Å². The van der Waals surface area contributed by atoms with Gasteiger partial charge in [-0.15, -0.1) is 0 Å². The van der Waals surface area contributed by atoms with E-state index in [0.717, 1.165) is 5.92 Å². The number of likely N-dealkylation sites (tertiary alicyclic amines) is 1. The second-order valence-electron chi connectivity index (χ2n) is 6.54. The summed E-state index contributed by atoms with van der Waals surface area (Å²) in [6.45, 7) is 2.46. The van der Waals surface area contributed by atoms with Crippen LogP contribution in [0.1, 0.15) is 29.9 Å². The zero-order chi connectivity index (χ0) is 14.2. The lowest BCUT2D eigenvalue weighted by Gasteiger charge is -2.39. The quantitative estimate of drug-likeness (QED) is 0.720. The Balaban J connectivity index is 1.81. The van der Waals surface area contributed by atoms with E-state index in [1.165, 1.54) is 48.0 Å². The fourth-order valence-corrected chi connectivity index (χ4v) is 4.17. The third-order valence-electron chi connectivity index (χ3n) is 5.11. The third kappa shape index (κ3) is 2.32. The molecule has 0 spiro atoms. The van der Waals surface area contributed by atoms with Gasteiger partial charge in [0.15, 0.2) is 7.28 Å². The van der Waals surface area contributed by atoms with Gasteiger partial charge in [-0.3, -0.25) is 0 Å². The highest BCUT2D eigenvalue weighted by Crippen LogP contribution is 2.36. The Morgan fingerprint density at radius 3 is 2.19 bits per heavy atom. The van der Waals surface area contributed by atoms with Crippen LogP contribution in [0.25, 0.3) is 0 Å². The Kier molecular flexibility index (Phi) is 3.35. The standard InChI is InChI=1S/C19H21BN/c1-21-12-6-7-14(13-21)19-15-8-2-4-10-17(15)20-18-11-5-3-9-16(18)19/h2-5,8-11,14,19H,6-7,12-13H2,1H3/t14-/m0/s1. The van der Waals surface area contributed by atoms with E-state index in [0.29, 0.717) is 5.92 Å². The molecule has 0 bridgehead atoms. The molecule has 2 heterocycles. The largest absolute Gasteiger partial charge is 0.306 e. The molecule has 0 aromatic heterocycles. The number of piperidine rings is 1. The highest BCUT2D eigenvalue weighted by Gasteiger charge is 2.33. The van der Waals surface area contributed by atoms with Crippen LogP contribution in [-0.2, 0) is 0 Å². The lowest BCUT2D eigenvalue weighted by molar-refractivity contribution is 0.197. The van der Waals surface area contributed by atoms with Crippen molar-refractivity contribution in [2.75, 3.05) is 20.1 Å². The highest BCUT2D eigenvalue weighted by atomic mass is 15.1. The van der Waals surface area contributed by atoms with Crippen LogP contribution in [0.4, 0.5) is 0 Å². The average molecular weight is 274 g/mol. The van der Waals surface area contributed by atoms with E-state index in [1.54, 1.807) is 0 Å². The van der Waals surface area contributed by atoms with E-state index < -0.39 is 0 Å². The number of nitrogens with zero attached hydrogens (tertiary/aromatic N) is 1. The molecule has 1 atom stereocenters. The van der Waals surface area contributed by atoms with Crippen molar-refractivity contribution in [1.29, 1.82) is 0 Å². The topological polar surface area (TPSA) is 3.24 Å². The predicted octanol–water partition coefficient (Wildman–Crippen LogP) is 2.13. The first-order chi connectivity index (χ1) is 10.3. The van der Waals surface area contributed by atoms with Gasteiger partial charge < -0.3 is 4.90 Å². The fourth-order valence-electron chi connectivity index (χ4n) is 4.17. The first-order valence-corrected chi connectivity index (χ1v) is 8.04. The number of benzene rings is 2. The molecule has 2 aliphatic heterocycles. The second-order valence-corrected chi connectivity index (χ2v) is 6.54. The summed E-state index contributed by atoms with van der Waals surface area (Å²) in [6.07, 6.45) is 2.67. The van der Waals surface area contributed by atoms with Crippen LogP contribution in [0.15, 0.2) is 48.5 Å². The Hall–Kier alpha value is -1.54. The molecule has 0 unspecified atom stereocenters. The number of hydrogen-bond donors (Lipinski definition) is 0. The summed E-state index contributed by atoms with van der Waals surface area (Å²) < 4.78 is 0. The lowest BCUT2D eigenvalue weighted by Crippen LogP contribution is -2.44. The maximum atomic E-state index is 2.50. The van der Waals surface area contributed by atoms with Gasteiger partial charge in [0.1, 0.15) is 0 Å². The summed E-state index contributed by atoms with van der Waals surface area (Å²) in [5, 5.41) is 0. The van der Waals surface area contributed by atoms with Gasteiger partial charge in [-0.05, 0) is 43.5 Å². The maximum Gasteiger partial charge on any atom is 0.192 e. The van der Waals surface area contributed by atoms with Gasteiger partial charge in [0.25, 0.3) is 0 Å². The molecule has 1 saturated heterocycles. The molecule has 2 aliphatic rings. The molecule has 1 fully saturated rings. The first kappa shape index (κ1) is 13.2. The van der Waals surface area contributed by atoms with Crippen molar-refractivity contribution >= 4 is 18.2 Å². The highest BCUT2D eigenvalue weighted by molar-refractivity contribution is 6.69.